The van der Waals surface area contributed by atoms with E-state index in [0.717, 1.165) is 15.7 Å². The summed E-state index contributed by atoms with van der Waals surface area (Å²) in [4.78, 5) is 10.7. The molecule has 1 atom stereocenters. The molecule has 0 fully saturated rings. The fourth-order valence-corrected chi connectivity index (χ4v) is 2.82. The number of aryl methyl sites for hydroxylation is 1. The molecule has 0 aliphatic heterocycles. The number of para-hydroxylation sites is 1. The third-order valence-electron chi connectivity index (χ3n) is 3.22. The molecule has 0 aromatic heterocycles. The summed E-state index contributed by atoms with van der Waals surface area (Å²) in [7, 11) is 0. The first kappa shape index (κ1) is 15.8. The van der Waals surface area contributed by atoms with Crippen molar-refractivity contribution in [3.05, 3.63) is 67.1 Å². The fourth-order valence-electron chi connectivity index (χ4n) is 2.09. The molecular formula is C15H14BrClN2O2. The third kappa shape index (κ3) is 3.54. The topological polar surface area (TPSA) is 55.2 Å². The first-order valence-corrected chi connectivity index (χ1v) is 7.52. The van der Waals surface area contributed by atoms with E-state index in [0.29, 0.717) is 10.6 Å². The van der Waals surface area contributed by atoms with Crippen LogP contribution in [0.2, 0.25) is 5.02 Å². The van der Waals surface area contributed by atoms with Crippen molar-refractivity contribution in [3.8, 4) is 0 Å². The lowest BCUT2D eigenvalue weighted by atomic mass is 10.1. The molecule has 0 aliphatic carbocycles. The lowest BCUT2D eigenvalue weighted by Gasteiger charge is -2.17. The summed E-state index contributed by atoms with van der Waals surface area (Å²) in [6.07, 6.45) is 0. The third-order valence-corrected chi connectivity index (χ3v) is 4.28. The smallest absolute Gasteiger partial charge is 0.274 e. The maximum Gasteiger partial charge on any atom is 0.274 e. The van der Waals surface area contributed by atoms with Gasteiger partial charge in [0.1, 0.15) is 0 Å². The minimum Gasteiger partial charge on any atom is -0.377 e. The van der Waals surface area contributed by atoms with Crippen LogP contribution in [-0.4, -0.2) is 4.92 Å². The monoisotopic (exact) mass is 368 g/mol. The van der Waals surface area contributed by atoms with Gasteiger partial charge >= 0.3 is 0 Å². The Hall–Kier alpha value is -1.59. The summed E-state index contributed by atoms with van der Waals surface area (Å²) >= 11 is 9.60. The largest absolute Gasteiger partial charge is 0.377 e. The van der Waals surface area contributed by atoms with Crippen LogP contribution < -0.4 is 5.32 Å². The Bertz CT molecular complexity index is 691. The van der Waals surface area contributed by atoms with Gasteiger partial charge in [-0.1, -0.05) is 29.8 Å². The van der Waals surface area contributed by atoms with Crippen LogP contribution in [-0.2, 0) is 0 Å². The van der Waals surface area contributed by atoms with E-state index in [-0.39, 0.29) is 16.7 Å². The van der Waals surface area contributed by atoms with Crippen LogP contribution in [0.15, 0.2) is 40.9 Å². The number of halogens is 2. The highest BCUT2D eigenvalue weighted by Crippen LogP contribution is 2.33. The van der Waals surface area contributed by atoms with Crippen molar-refractivity contribution in [2.24, 2.45) is 0 Å². The van der Waals surface area contributed by atoms with Crippen molar-refractivity contribution >= 4 is 38.9 Å². The number of nitrogens with one attached hydrogen (secondary N) is 1. The van der Waals surface area contributed by atoms with Gasteiger partial charge in [0, 0.05) is 15.6 Å². The highest BCUT2D eigenvalue weighted by Gasteiger charge is 2.18. The van der Waals surface area contributed by atoms with Gasteiger partial charge in [-0.3, -0.25) is 10.1 Å². The number of hydrogen-bond donors (Lipinski definition) is 1. The zero-order valence-corrected chi connectivity index (χ0v) is 13.9. The first-order chi connectivity index (χ1) is 9.90. The van der Waals surface area contributed by atoms with Crippen LogP contribution in [0.3, 0.4) is 0 Å². The summed E-state index contributed by atoms with van der Waals surface area (Å²) in [6.45, 7) is 3.80. The zero-order chi connectivity index (χ0) is 15.6. The van der Waals surface area contributed by atoms with Crippen LogP contribution in [0, 0.1) is 17.0 Å². The maximum atomic E-state index is 11.1. The van der Waals surface area contributed by atoms with Crippen molar-refractivity contribution < 1.29 is 4.92 Å². The van der Waals surface area contributed by atoms with Gasteiger partial charge in [-0.05, 0) is 47.5 Å². The van der Waals surface area contributed by atoms with Crippen LogP contribution in [0.5, 0.6) is 0 Å². The fraction of sp³-hybridized carbons (Fsp3) is 0.200. The van der Waals surface area contributed by atoms with E-state index in [1.807, 2.05) is 26.0 Å². The van der Waals surface area contributed by atoms with Crippen LogP contribution in [0.1, 0.15) is 24.1 Å². The molecule has 0 heterocycles. The molecule has 6 heteroatoms. The highest BCUT2D eigenvalue weighted by molar-refractivity contribution is 9.10. The van der Waals surface area contributed by atoms with E-state index < -0.39 is 0 Å². The second-order valence-electron chi connectivity index (χ2n) is 4.76. The molecule has 1 N–H and O–H groups in total. The Morgan fingerprint density at radius 1 is 1.33 bits per heavy atom. The molecule has 0 radical (unpaired) electrons. The van der Waals surface area contributed by atoms with Gasteiger partial charge in [0.25, 0.3) is 5.69 Å². The standard InChI is InChI=1S/C15H14BrClN2O2/c1-9-7-12(16)14(8-13(9)17)18-10(2)11-5-3-4-6-15(11)19(20)21/h3-8,10,18H,1-2H3. The number of anilines is 1. The second-order valence-corrected chi connectivity index (χ2v) is 6.02. The van der Waals surface area contributed by atoms with E-state index in [4.69, 9.17) is 11.6 Å². The van der Waals surface area contributed by atoms with E-state index in [1.54, 1.807) is 18.2 Å². The van der Waals surface area contributed by atoms with Crippen molar-refractivity contribution in [1.82, 2.24) is 0 Å². The molecule has 4 nitrogen and oxygen atoms in total. The lowest BCUT2D eigenvalue weighted by molar-refractivity contribution is -0.385. The van der Waals surface area contributed by atoms with Gasteiger partial charge < -0.3 is 5.32 Å². The Morgan fingerprint density at radius 3 is 2.67 bits per heavy atom. The molecule has 21 heavy (non-hydrogen) atoms. The molecule has 1 unspecified atom stereocenters. The van der Waals surface area contributed by atoms with E-state index in [2.05, 4.69) is 21.2 Å². The Morgan fingerprint density at radius 2 is 2.00 bits per heavy atom. The van der Waals surface area contributed by atoms with Crippen molar-refractivity contribution in [3.63, 3.8) is 0 Å². The van der Waals surface area contributed by atoms with E-state index in [1.165, 1.54) is 6.07 Å². The highest BCUT2D eigenvalue weighted by atomic mass is 79.9. The zero-order valence-electron chi connectivity index (χ0n) is 11.6. The van der Waals surface area contributed by atoms with Gasteiger partial charge in [0.05, 0.1) is 22.2 Å². The number of nitro benzene ring substituents is 1. The predicted octanol–water partition coefficient (Wildman–Crippen LogP) is 5.49. The van der Waals surface area contributed by atoms with Gasteiger partial charge in [-0.15, -0.1) is 0 Å². The molecule has 0 spiro atoms. The molecule has 110 valence electrons. The summed E-state index contributed by atoms with van der Waals surface area (Å²) in [6, 6.07) is 10.2. The summed E-state index contributed by atoms with van der Waals surface area (Å²) in [5.74, 6) is 0. The molecular weight excluding hydrogens is 356 g/mol. The van der Waals surface area contributed by atoms with Crippen LogP contribution in [0.4, 0.5) is 11.4 Å². The Kier molecular flexibility index (Phi) is 4.85. The number of hydrogen-bond acceptors (Lipinski definition) is 3. The minimum absolute atomic E-state index is 0.104. The number of rotatable bonds is 4. The van der Waals surface area contributed by atoms with Gasteiger partial charge in [-0.25, -0.2) is 0 Å². The molecule has 0 aliphatic rings. The molecule has 0 amide bonds. The lowest BCUT2D eigenvalue weighted by Crippen LogP contribution is -2.09. The second kappa shape index (κ2) is 6.45. The average molecular weight is 370 g/mol. The summed E-state index contributed by atoms with van der Waals surface area (Å²) < 4.78 is 0.870. The quantitative estimate of drug-likeness (QED) is 0.572. The first-order valence-electron chi connectivity index (χ1n) is 6.35. The predicted molar refractivity (Wildman–Crippen MR) is 89.0 cm³/mol. The maximum absolute atomic E-state index is 11.1. The number of benzene rings is 2. The molecule has 2 rings (SSSR count). The number of nitro groups is 1. The molecule has 0 saturated carbocycles. The molecule has 2 aromatic carbocycles. The van der Waals surface area contributed by atoms with E-state index >= 15 is 0 Å². The Balaban J connectivity index is 2.33. The van der Waals surface area contributed by atoms with Crippen LogP contribution in [0.25, 0.3) is 0 Å². The summed E-state index contributed by atoms with van der Waals surface area (Å²) in [5, 5.41) is 15.0. The van der Waals surface area contributed by atoms with Gasteiger partial charge in [-0.2, -0.15) is 0 Å². The van der Waals surface area contributed by atoms with Gasteiger partial charge in [0.15, 0.2) is 0 Å². The van der Waals surface area contributed by atoms with E-state index in [9.17, 15) is 10.1 Å². The van der Waals surface area contributed by atoms with Crippen molar-refractivity contribution in [1.29, 1.82) is 0 Å². The minimum atomic E-state index is -0.370. The average Bonchev–Trinajstić information content (AvgIpc) is 2.44. The Labute approximate surface area is 136 Å². The molecule has 2 aromatic rings. The normalized spacial score (nSPS) is 12.0. The van der Waals surface area contributed by atoms with Gasteiger partial charge in [0.2, 0.25) is 0 Å². The molecule has 0 bridgehead atoms. The van der Waals surface area contributed by atoms with Crippen molar-refractivity contribution in [2.75, 3.05) is 5.32 Å². The SMILES string of the molecule is Cc1cc(Br)c(NC(C)c2ccccc2[N+](=O)[O-])cc1Cl. The summed E-state index contributed by atoms with van der Waals surface area (Å²) in [5.41, 5.74) is 2.50. The number of nitrogens with zero attached hydrogens (tertiary/aromatic N) is 1. The van der Waals surface area contributed by atoms with Crippen molar-refractivity contribution in [2.45, 2.75) is 19.9 Å². The van der Waals surface area contributed by atoms with Crippen LogP contribution >= 0.6 is 27.5 Å². The molecule has 0 saturated heterocycles.